The molecule has 4 rings (SSSR count). The summed E-state index contributed by atoms with van der Waals surface area (Å²) in [7, 11) is 0. The molecule has 0 fully saturated rings. The molecule has 35 heavy (non-hydrogen) atoms. The van der Waals surface area contributed by atoms with Crippen molar-refractivity contribution >= 4 is 11.6 Å². The van der Waals surface area contributed by atoms with E-state index in [1.165, 1.54) is 10.8 Å². The smallest absolute Gasteiger partial charge is 0.328 e. The second-order valence-corrected chi connectivity index (χ2v) is 8.58. The lowest BCUT2D eigenvalue weighted by Crippen LogP contribution is -2.34. The average molecular weight is 491 g/mol. The highest BCUT2D eigenvalue weighted by Crippen LogP contribution is 2.40. The molecule has 3 aromatic carbocycles. The van der Waals surface area contributed by atoms with Crippen molar-refractivity contribution < 1.29 is 9.47 Å². The van der Waals surface area contributed by atoms with Gasteiger partial charge in [-0.1, -0.05) is 84.4 Å². The second kappa shape index (κ2) is 11.3. The molecule has 0 saturated carbocycles. The first-order valence-corrected chi connectivity index (χ1v) is 11.8. The zero-order chi connectivity index (χ0) is 24.7. The van der Waals surface area contributed by atoms with Gasteiger partial charge in [0.1, 0.15) is 5.60 Å². The Balaban J connectivity index is 1.53. The van der Waals surface area contributed by atoms with E-state index >= 15 is 0 Å². The molecule has 6 nitrogen and oxygen atoms in total. The number of hydrogen-bond donors (Lipinski definition) is 1. The van der Waals surface area contributed by atoms with E-state index < -0.39 is 11.3 Å². The minimum atomic E-state index is -0.858. The first-order chi connectivity index (χ1) is 17.0. The van der Waals surface area contributed by atoms with Gasteiger partial charge in [0.05, 0.1) is 26.4 Å². The van der Waals surface area contributed by atoms with Crippen molar-refractivity contribution in [1.82, 2.24) is 9.55 Å². The van der Waals surface area contributed by atoms with Crippen LogP contribution in [0.4, 0.5) is 0 Å². The zero-order valence-electron chi connectivity index (χ0n) is 19.4. The number of hydrogen-bond acceptors (Lipinski definition) is 4. The van der Waals surface area contributed by atoms with Crippen LogP contribution >= 0.6 is 11.6 Å². The van der Waals surface area contributed by atoms with Crippen LogP contribution in [-0.4, -0.2) is 29.4 Å². The molecule has 0 saturated heterocycles. The largest absolute Gasteiger partial charge is 0.377 e. The number of aryl methyl sites for hydroxylation is 1. The molecular formula is C28H27ClN2O4. The SMILES string of the molecule is Cc1cn(CCOCCOC(c2ccccc2)(c2ccccc2)c2ccc(Cl)cc2)c(=O)[nH]c1=O. The van der Waals surface area contributed by atoms with Gasteiger partial charge in [0.2, 0.25) is 0 Å². The molecule has 0 aliphatic rings. The Labute approximate surface area is 208 Å². The third kappa shape index (κ3) is 5.62. The van der Waals surface area contributed by atoms with Crippen molar-refractivity contribution in [3.63, 3.8) is 0 Å². The van der Waals surface area contributed by atoms with Gasteiger partial charge in [-0.05, 0) is 35.7 Å². The first-order valence-electron chi connectivity index (χ1n) is 11.4. The quantitative estimate of drug-likeness (QED) is 0.262. The van der Waals surface area contributed by atoms with Gasteiger partial charge in [0, 0.05) is 16.8 Å². The Morgan fingerprint density at radius 3 is 1.97 bits per heavy atom. The molecule has 180 valence electrons. The second-order valence-electron chi connectivity index (χ2n) is 8.15. The molecule has 0 atom stereocenters. The highest BCUT2D eigenvalue weighted by atomic mass is 35.5. The lowest BCUT2D eigenvalue weighted by molar-refractivity contribution is -0.0248. The third-order valence-corrected chi connectivity index (χ3v) is 6.08. The number of halogens is 1. The molecule has 4 aromatic rings. The van der Waals surface area contributed by atoms with Gasteiger partial charge in [-0.25, -0.2) is 4.79 Å². The van der Waals surface area contributed by atoms with Crippen LogP contribution in [-0.2, 0) is 21.6 Å². The summed E-state index contributed by atoms with van der Waals surface area (Å²) in [5.74, 6) is 0. The summed E-state index contributed by atoms with van der Waals surface area (Å²) in [6.07, 6.45) is 1.54. The number of nitrogens with zero attached hydrogens (tertiary/aromatic N) is 1. The molecule has 1 heterocycles. The van der Waals surface area contributed by atoms with Gasteiger partial charge in [0.15, 0.2) is 0 Å². The number of aromatic amines is 1. The van der Waals surface area contributed by atoms with Crippen LogP contribution in [0.1, 0.15) is 22.3 Å². The number of ether oxygens (including phenoxy) is 2. The van der Waals surface area contributed by atoms with Crippen LogP contribution in [0, 0.1) is 6.92 Å². The van der Waals surface area contributed by atoms with E-state index in [1.54, 1.807) is 6.92 Å². The fourth-order valence-corrected chi connectivity index (χ4v) is 4.21. The molecule has 0 radical (unpaired) electrons. The van der Waals surface area contributed by atoms with Crippen LogP contribution in [0.5, 0.6) is 0 Å². The van der Waals surface area contributed by atoms with Gasteiger partial charge in [-0.15, -0.1) is 0 Å². The highest BCUT2D eigenvalue weighted by molar-refractivity contribution is 6.30. The molecule has 0 spiro atoms. The molecule has 1 N–H and O–H groups in total. The zero-order valence-corrected chi connectivity index (χ0v) is 20.2. The van der Waals surface area contributed by atoms with Crippen LogP contribution in [0.15, 0.2) is 101 Å². The maximum absolute atomic E-state index is 12.0. The number of H-pyrrole nitrogens is 1. The highest BCUT2D eigenvalue weighted by Gasteiger charge is 2.37. The number of nitrogens with one attached hydrogen (secondary N) is 1. The van der Waals surface area contributed by atoms with Gasteiger partial charge < -0.3 is 9.47 Å². The Kier molecular flexibility index (Phi) is 7.98. The fraction of sp³-hybridized carbons (Fsp3) is 0.214. The Bertz CT molecular complexity index is 1310. The molecular weight excluding hydrogens is 464 g/mol. The normalized spacial score (nSPS) is 11.5. The summed E-state index contributed by atoms with van der Waals surface area (Å²) >= 11 is 6.19. The van der Waals surface area contributed by atoms with E-state index in [0.29, 0.717) is 37.0 Å². The average Bonchev–Trinajstić information content (AvgIpc) is 2.88. The molecule has 0 bridgehead atoms. The van der Waals surface area contributed by atoms with E-state index in [1.807, 2.05) is 84.9 Å². The number of benzene rings is 3. The summed E-state index contributed by atoms with van der Waals surface area (Å²) in [5.41, 5.74) is 1.73. The topological polar surface area (TPSA) is 73.3 Å². The maximum atomic E-state index is 12.0. The Morgan fingerprint density at radius 2 is 1.37 bits per heavy atom. The summed E-state index contributed by atoms with van der Waals surface area (Å²) in [6, 6.07) is 27.8. The predicted octanol–water partition coefficient (Wildman–Crippen LogP) is 4.52. The molecule has 0 aliphatic carbocycles. The summed E-state index contributed by atoms with van der Waals surface area (Å²) < 4.78 is 13.9. The van der Waals surface area contributed by atoms with Crippen molar-refractivity contribution in [1.29, 1.82) is 0 Å². The number of rotatable bonds is 10. The first kappa shape index (κ1) is 24.7. The van der Waals surface area contributed by atoms with E-state index in [-0.39, 0.29) is 5.56 Å². The van der Waals surface area contributed by atoms with Crippen molar-refractivity contribution in [2.24, 2.45) is 0 Å². The van der Waals surface area contributed by atoms with E-state index in [2.05, 4.69) is 4.98 Å². The third-order valence-electron chi connectivity index (χ3n) is 5.82. The van der Waals surface area contributed by atoms with Crippen LogP contribution < -0.4 is 11.2 Å². The minimum Gasteiger partial charge on any atom is -0.377 e. The minimum absolute atomic E-state index is 0.305. The van der Waals surface area contributed by atoms with Crippen LogP contribution in [0.3, 0.4) is 0 Å². The van der Waals surface area contributed by atoms with E-state index in [4.69, 9.17) is 21.1 Å². The predicted molar refractivity (Wildman–Crippen MR) is 137 cm³/mol. The van der Waals surface area contributed by atoms with Crippen LogP contribution in [0.2, 0.25) is 5.02 Å². The Hall–Kier alpha value is -3.45. The van der Waals surface area contributed by atoms with E-state index in [0.717, 1.165) is 16.7 Å². The van der Waals surface area contributed by atoms with Gasteiger partial charge >= 0.3 is 5.69 Å². The lowest BCUT2D eigenvalue weighted by atomic mass is 9.80. The van der Waals surface area contributed by atoms with Crippen LogP contribution in [0.25, 0.3) is 0 Å². The lowest BCUT2D eigenvalue weighted by Gasteiger charge is -2.36. The van der Waals surface area contributed by atoms with Crippen molar-refractivity contribution in [3.8, 4) is 0 Å². The number of aromatic nitrogens is 2. The summed E-state index contributed by atoms with van der Waals surface area (Å²) in [5, 5.41) is 0.653. The summed E-state index contributed by atoms with van der Waals surface area (Å²) in [6.45, 7) is 2.93. The summed E-state index contributed by atoms with van der Waals surface area (Å²) in [4.78, 5) is 25.8. The van der Waals surface area contributed by atoms with Crippen molar-refractivity contribution in [3.05, 3.63) is 139 Å². The maximum Gasteiger partial charge on any atom is 0.328 e. The molecule has 0 unspecified atom stereocenters. The standard InChI is InChI=1S/C28H27ClN2O4/c1-21-20-31(27(33)30-26(21)32)16-17-34-18-19-35-28(22-8-4-2-5-9-22,23-10-6-3-7-11-23)24-12-14-25(29)15-13-24/h2-15,20H,16-19H2,1H3,(H,30,32,33). The van der Waals surface area contributed by atoms with Gasteiger partial charge in [-0.2, -0.15) is 0 Å². The van der Waals surface area contributed by atoms with Gasteiger partial charge in [-0.3, -0.25) is 14.3 Å². The van der Waals surface area contributed by atoms with Gasteiger partial charge in [0.25, 0.3) is 5.56 Å². The molecule has 1 aromatic heterocycles. The molecule has 0 amide bonds. The monoisotopic (exact) mass is 490 g/mol. The Morgan fingerprint density at radius 1 is 0.800 bits per heavy atom. The van der Waals surface area contributed by atoms with Crippen molar-refractivity contribution in [2.45, 2.75) is 19.1 Å². The molecule has 7 heteroatoms. The fourth-order valence-electron chi connectivity index (χ4n) is 4.08. The molecule has 0 aliphatic heterocycles. The van der Waals surface area contributed by atoms with E-state index in [9.17, 15) is 9.59 Å². The van der Waals surface area contributed by atoms with Crippen molar-refractivity contribution in [2.75, 3.05) is 19.8 Å².